The molecule has 3 aromatic rings. The molecule has 1 aromatic heterocycles. The molecule has 2 fully saturated rings. The summed E-state index contributed by atoms with van der Waals surface area (Å²) in [5.41, 5.74) is 4.90. The zero-order valence-corrected chi connectivity index (χ0v) is 26.0. The number of nitrogens with zero attached hydrogens (tertiary/aromatic N) is 5. The van der Waals surface area contributed by atoms with Gasteiger partial charge in [-0.2, -0.15) is 0 Å². The third-order valence-electron chi connectivity index (χ3n) is 8.30. The molecular formula is C33H45N7O3. The summed E-state index contributed by atoms with van der Waals surface area (Å²) in [5, 5.41) is 10.8. The predicted octanol–water partition coefficient (Wildman–Crippen LogP) is 4.57. The Morgan fingerprint density at radius 1 is 1.05 bits per heavy atom. The molecule has 2 aromatic carbocycles. The van der Waals surface area contributed by atoms with E-state index in [0.717, 1.165) is 79.6 Å². The molecule has 3 heterocycles. The fraction of sp³-hybridized carbons (Fsp3) is 0.485. The molecule has 2 aliphatic rings. The van der Waals surface area contributed by atoms with Crippen LogP contribution in [0.1, 0.15) is 32.4 Å². The Morgan fingerprint density at radius 3 is 2.47 bits per heavy atom. The Balaban J connectivity index is 1.37. The smallest absolute Gasteiger partial charge is 0.124 e. The van der Waals surface area contributed by atoms with E-state index in [0.29, 0.717) is 29.5 Å². The molecule has 2 saturated heterocycles. The average Bonchev–Trinajstić information content (AvgIpc) is 3.50. The fourth-order valence-electron chi connectivity index (χ4n) is 6.29. The Hall–Kier alpha value is -3.73. The molecule has 0 saturated carbocycles. The van der Waals surface area contributed by atoms with Gasteiger partial charge in [0.05, 0.1) is 49.4 Å². The number of benzene rings is 2. The van der Waals surface area contributed by atoms with E-state index >= 15 is 0 Å². The SMILES string of the molecule is CN/C=C(\C=N)c1cnc2ccc(N(CCCN3CCC(N4C[C@@H](C)O[C@H](C)C4)C3)c3cc(OC)cc(OC)c3)cc2n1. The minimum absolute atomic E-state index is 0.296. The number of hydrogen-bond acceptors (Lipinski definition) is 10. The number of allylic oxidation sites excluding steroid dienone is 1. The molecule has 10 heteroatoms. The molecule has 230 valence electrons. The highest BCUT2D eigenvalue weighted by Crippen LogP contribution is 2.34. The predicted molar refractivity (Wildman–Crippen MR) is 173 cm³/mol. The molecule has 0 radical (unpaired) electrons. The lowest BCUT2D eigenvalue weighted by Gasteiger charge is -2.39. The molecule has 2 aliphatic heterocycles. The summed E-state index contributed by atoms with van der Waals surface area (Å²) >= 11 is 0. The van der Waals surface area contributed by atoms with Crippen molar-refractivity contribution in [3.63, 3.8) is 0 Å². The largest absolute Gasteiger partial charge is 0.497 e. The van der Waals surface area contributed by atoms with Crippen molar-refractivity contribution in [2.75, 3.05) is 65.4 Å². The van der Waals surface area contributed by atoms with Gasteiger partial charge in [-0.1, -0.05) is 0 Å². The van der Waals surface area contributed by atoms with Gasteiger partial charge >= 0.3 is 0 Å². The summed E-state index contributed by atoms with van der Waals surface area (Å²) in [6.45, 7) is 10.5. The monoisotopic (exact) mass is 587 g/mol. The van der Waals surface area contributed by atoms with Gasteiger partial charge in [0.15, 0.2) is 0 Å². The van der Waals surface area contributed by atoms with Crippen LogP contribution in [0.2, 0.25) is 0 Å². The zero-order chi connectivity index (χ0) is 30.3. The van der Waals surface area contributed by atoms with Crippen LogP contribution >= 0.6 is 0 Å². The number of rotatable bonds is 12. The van der Waals surface area contributed by atoms with E-state index in [9.17, 15) is 0 Å². The van der Waals surface area contributed by atoms with Crippen LogP contribution in [0.25, 0.3) is 16.6 Å². The van der Waals surface area contributed by atoms with Crippen molar-refractivity contribution in [3.05, 3.63) is 54.5 Å². The van der Waals surface area contributed by atoms with Crippen LogP contribution in [-0.4, -0.2) is 105 Å². The van der Waals surface area contributed by atoms with Crippen LogP contribution in [-0.2, 0) is 4.74 Å². The molecule has 0 amide bonds. The first-order chi connectivity index (χ1) is 20.9. The average molecular weight is 588 g/mol. The Kier molecular flexibility index (Phi) is 10.1. The molecule has 5 rings (SSSR count). The van der Waals surface area contributed by atoms with Crippen LogP contribution in [0.4, 0.5) is 11.4 Å². The van der Waals surface area contributed by atoms with Crippen LogP contribution in [0.5, 0.6) is 11.5 Å². The maximum Gasteiger partial charge on any atom is 0.124 e. The van der Waals surface area contributed by atoms with Gasteiger partial charge in [0.2, 0.25) is 0 Å². The third kappa shape index (κ3) is 7.44. The quantitative estimate of drug-likeness (QED) is 0.295. The number of nitrogens with one attached hydrogen (secondary N) is 2. The van der Waals surface area contributed by atoms with E-state index in [4.69, 9.17) is 24.6 Å². The molecule has 1 unspecified atom stereocenters. The van der Waals surface area contributed by atoms with E-state index < -0.39 is 0 Å². The van der Waals surface area contributed by atoms with Crippen LogP contribution in [0, 0.1) is 5.41 Å². The van der Waals surface area contributed by atoms with Gasteiger partial charge in [-0.3, -0.25) is 9.88 Å². The number of aromatic nitrogens is 2. The van der Waals surface area contributed by atoms with Crippen molar-refractivity contribution in [1.29, 1.82) is 5.41 Å². The van der Waals surface area contributed by atoms with Gasteiger partial charge in [0.1, 0.15) is 11.5 Å². The second-order valence-corrected chi connectivity index (χ2v) is 11.5. The Bertz CT molecular complexity index is 1400. The Labute approximate surface area is 255 Å². The number of likely N-dealkylation sites (tertiary alicyclic amines) is 1. The van der Waals surface area contributed by atoms with E-state index in [1.165, 1.54) is 12.6 Å². The van der Waals surface area contributed by atoms with Crippen molar-refractivity contribution >= 4 is 34.2 Å². The summed E-state index contributed by atoms with van der Waals surface area (Å²) < 4.78 is 17.2. The summed E-state index contributed by atoms with van der Waals surface area (Å²) in [6, 6.07) is 12.8. The van der Waals surface area contributed by atoms with Crippen molar-refractivity contribution in [1.82, 2.24) is 25.1 Å². The summed E-state index contributed by atoms with van der Waals surface area (Å²) in [7, 11) is 5.16. The topological polar surface area (TPSA) is 99.1 Å². The first-order valence-corrected chi connectivity index (χ1v) is 15.2. The summed E-state index contributed by atoms with van der Waals surface area (Å²) in [5.74, 6) is 1.48. The molecule has 0 aliphatic carbocycles. The maximum absolute atomic E-state index is 7.80. The molecule has 43 heavy (non-hydrogen) atoms. The highest BCUT2D eigenvalue weighted by molar-refractivity contribution is 6.07. The standard InChI is InChI=1S/C33H45N7O3/c1-23-20-39(21-24(2)43-23)27-9-12-38(22-27)10-6-11-40(28-13-29(41-4)16-30(14-28)42-5)26-7-8-31-32(15-26)37-33(19-36-31)25(17-34)18-35-3/h7-8,13-19,23-24,27,34-35H,6,9-12,20-22H2,1-5H3/b25-18+,34-17?/t23-,24-,27?/m1/s1. The normalized spacial score (nSPS) is 21.6. The van der Waals surface area contributed by atoms with E-state index in [1.807, 2.05) is 31.3 Å². The van der Waals surface area contributed by atoms with Gasteiger partial charge in [0.25, 0.3) is 0 Å². The molecule has 2 N–H and O–H groups in total. The van der Waals surface area contributed by atoms with Gasteiger partial charge in [-0.05, 0) is 58.0 Å². The fourth-order valence-corrected chi connectivity index (χ4v) is 6.29. The number of anilines is 2. The second-order valence-electron chi connectivity index (χ2n) is 11.5. The van der Waals surface area contributed by atoms with Crippen molar-refractivity contribution in [2.24, 2.45) is 0 Å². The first kappa shape index (κ1) is 30.7. The highest BCUT2D eigenvalue weighted by Gasteiger charge is 2.32. The van der Waals surface area contributed by atoms with Gasteiger partial charge < -0.3 is 34.7 Å². The lowest BCUT2D eigenvalue weighted by molar-refractivity contribution is -0.0790. The minimum Gasteiger partial charge on any atom is -0.497 e. The number of hydrogen-bond donors (Lipinski definition) is 2. The molecular weight excluding hydrogens is 542 g/mol. The molecule has 10 nitrogen and oxygen atoms in total. The summed E-state index contributed by atoms with van der Waals surface area (Å²) in [4.78, 5) is 17.0. The number of morpholine rings is 1. The van der Waals surface area contributed by atoms with Gasteiger partial charge in [0, 0.05) is 86.8 Å². The maximum atomic E-state index is 7.80. The Morgan fingerprint density at radius 2 is 1.79 bits per heavy atom. The number of methoxy groups -OCH3 is 2. The van der Waals surface area contributed by atoms with E-state index in [-0.39, 0.29) is 0 Å². The number of ether oxygens (including phenoxy) is 3. The van der Waals surface area contributed by atoms with Crippen LogP contribution < -0.4 is 19.7 Å². The van der Waals surface area contributed by atoms with E-state index in [2.05, 4.69) is 51.0 Å². The van der Waals surface area contributed by atoms with Crippen LogP contribution in [0.3, 0.4) is 0 Å². The van der Waals surface area contributed by atoms with E-state index in [1.54, 1.807) is 26.6 Å². The van der Waals surface area contributed by atoms with Crippen molar-refractivity contribution < 1.29 is 14.2 Å². The van der Waals surface area contributed by atoms with Gasteiger partial charge in [-0.25, -0.2) is 4.98 Å². The van der Waals surface area contributed by atoms with Gasteiger partial charge in [-0.15, -0.1) is 0 Å². The lowest BCUT2D eigenvalue weighted by atomic mass is 10.1. The second kappa shape index (κ2) is 14.2. The van der Waals surface area contributed by atoms with Crippen LogP contribution in [0.15, 0.2) is 48.8 Å². The molecule has 0 spiro atoms. The third-order valence-corrected chi connectivity index (χ3v) is 8.30. The summed E-state index contributed by atoms with van der Waals surface area (Å²) in [6.07, 6.45) is 7.55. The first-order valence-electron chi connectivity index (χ1n) is 15.2. The zero-order valence-electron chi connectivity index (χ0n) is 26.0. The highest BCUT2D eigenvalue weighted by atomic mass is 16.5. The molecule has 0 bridgehead atoms. The minimum atomic E-state index is 0.296. The number of fused-ring (bicyclic) bond motifs is 1. The molecule has 3 atom stereocenters. The van der Waals surface area contributed by atoms with Crippen molar-refractivity contribution in [3.8, 4) is 11.5 Å². The van der Waals surface area contributed by atoms with Crippen molar-refractivity contribution in [2.45, 2.75) is 44.9 Å². The lowest BCUT2D eigenvalue weighted by Crippen LogP contribution is -2.50.